The SMILES string of the molecule is C/C=C/C[C@@H]1[C@H]2CCCCN2C(=O)N1c1ccc(OC)cc1. The summed E-state index contributed by atoms with van der Waals surface area (Å²) in [5.41, 5.74) is 0.967. The van der Waals surface area contributed by atoms with Crippen LogP contribution in [0.5, 0.6) is 5.75 Å². The van der Waals surface area contributed by atoms with E-state index in [4.69, 9.17) is 4.74 Å². The third-order valence-corrected chi connectivity index (χ3v) is 4.74. The Morgan fingerprint density at radius 1 is 1.27 bits per heavy atom. The van der Waals surface area contributed by atoms with Crippen molar-refractivity contribution >= 4 is 11.7 Å². The maximum absolute atomic E-state index is 12.9. The Kier molecular flexibility index (Phi) is 4.36. The van der Waals surface area contributed by atoms with Crippen molar-refractivity contribution in [2.75, 3.05) is 18.6 Å². The monoisotopic (exact) mass is 300 g/mol. The molecule has 4 nitrogen and oxygen atoms in total. The van der Waals surface area contributed by atoms with E-state index in [9.17, 15) is 4.79 Å². The summed E-state index contributed by atoms with van der Waals surface area (Å²) in [6.45, 7) is 2.93. The zero-order valence-electron chi connectivity index (χ0n) is 13.4. The van der Waals surface area contributed by atoms with E-state index in [2.05, 4.69) is 17.1 Å². The number of urea groups is 1. The summed E-state index contributed by atoms with van der Waals surface area (Å²) < 4.78 is 5.22. The number of benzene rings is 1. The lowest BCUT2D eigenvalue weighted by atomic mass is 9.95. The number of hydrogen-bond donors (Lipinski definition) is 0. The summed E-state index contributed by atoms with van der Waals surface area (Å²) in [7, 11) is 1.66. The van der Waals surface area contributed by atoms with Gasteiger partial charge in [-0.15, -0.1) is 0 Å². The van der Waals surface area contributed by atoms with Gasteiger partial charge in [-0.3, -0.25) is 4.90 Å². The minimum atomic E-state index is 0.157. The largest absolute Gasteiger partial charge is 0.497 e. The summed E-state index contributed by atoms with van der Waals surface area (Å²) in [4.78, 5) is 16.9. The summed E-state index contributed by atoms with van der Waals surface area (Å²) >= 11 is 0. The van der Waals surface area contributed by atoms with E-state index >= 15 is 0 Å². The molecule has 2 aliphatic rings. The minimum absolute atomic E-state index is 0.157. The number of amides is 2. The maximum atomic E-state index is 12.9. The van der Waals surface area contributed by atoms with Crippen LogP contribution in [0.4, 0.5) is 10.5 Å². The van der Waals surface area contributed by atoms with E-state index in [0.29, 0.717) is 6.04 Å². The van der Waals surface area contributed by atoms with Gasteiger partial charge in [-0.2, -0.15) is 0 Å². The van der Waals surface area contributed by atoms with Crippen LogP contribution in [0.3, 0.4) is 0 Å². The lowest BCUT2D eigenvalue weighted by Gasteiger charge is -2.30. The number of hydrogen-bond acceptors (Lipinski definition) is 2. The van der Waals surface area contributed by atoms with E-state index in [1.807, 2.05) is 36.1 Å². The van der Waals surface area contributed by atoms with Crippen molar-refractivity contribution in [1.82, 2.24) is 4.90 Å². The van der Waals surface area contributed by atoms with Crippen LogP contribution in [0, 0.1) is 0 Å². The van der Waals surface area contributed by atoms with Crippen molar-refractivity contribution in [3.8, 4) is 5.75 Å². The Morgan fingerprint density at radius 3 is 2.73 bits per heavy atom. The Balaban J connectivity index is 1.92. The van der Waals surface area contributed by atoms with Crippen LogP contribution in [-0.4, -0.2) is 36.7 Å². The number of piperidine rings is 1. The van der Waals surface area contributed by atoms with Gasteiger partial charge in [-0.1, -0.05) is 12.2 Å². The molecule has 1 aromatic carbocycles. The molecule has 2 amide bonds. The highest BCUT2D eigenvalue weighted by atomic mass is 16.5. The summed E-state index contributed by atoms with van der Waals surface area (Å²) in [5.74, 6) is 0.818. The molecule has 0 aliphatic carbocycles. The van der Waals surface area contributed by atoms with Gasteiger partial charge in [0.15, 0.2) is 0 Å². The first-order chi connectivity index (χ1) is 10.8. The second-order valence-corrected chi connectivity index (χ2v) is 5.98. The van der Waals surface area contributed by atoms with Crippen molar-refractivity contribution in [2.45, 2.75) is 44.7 Å². The zero-order chi connectivity index (χ0) is 15.5. The molecule has 2 saturated heterocycles. The van der Waals surface area contributed by atoms with Gasteiger partial charge in [0.25, 0.3) is 0 Å². The number of allylic oxidation sites excluding steroid dienone is 1. The molecule has 0 spiro atoms. The smallest absolute Gasteiger partial charge is 0.325 e. The number of carbonyl (C=O) groups is 1. The van der Waals surface area contributed by atoms with Gasteiger partial charge >= 0.3 is 6.03 Å². The van der Waals surface area contributed by atoms with Gasteiger partial charge in [0, 0.05) is 12.2 Å². The number of anilines is 1. The summed E-state index contributed by atoms with van der Waals surface area (Å²) in [6, 6.07) is 8.55. The Labute approximate surface area is 132 Å². The van der Waals surface area contributed by atoms with E-state index in [1.54, 1.807) is 7.11 Å². The molecular formula is C18H24N2O2. The normalized spacial score (nSPS) is 24.9. The van der Waals surface area contributed by atoms with Crippen molar-refractivity contribution < 1.29 is 9.53 Å². The first-order valence-corrected chi connectivity index (χ1v) is 8.11. The van der Waals surface area contributed by atoms with Crippen LogP contribution in [0.1, 0.15) is 32.6 Å². The fourth-order valence-electron chi connectivity index (χ4n) is 3.63. The van der Waals surface area contributed by atoms with Crippen LogP contribution in [0.25, 0.3) is 0 Å². The fourth-order valence-corrected chi connectivity index (χ4v) is 3.63. The molecule has 0 N–H and O–H groups in total. The molecule has 4 heteroatoms. The summed E-state index contributed by atoms with van der Waals surface area (Å²) in [6.07, 6.45) is 8.61. The average molecular weight is 300 g/mol. The number of methoxy groups -OCH3 is 1. The van der Waals surface area contributed by atoms with Crippen molar-refractivity contribution in [3.05, 3.63) is 36.4 Å². The van der Waals surface area contributed by atoms with Crippen LogP contribution < -0.4 is 9.64 Å². The lowest BCUT2D eigenvalue weighted by molar-refractivity contribution is 0.180. The van der Waals surface area contributed by atoms with Gasteiger partial charge < -0.3 is 9.64 Å². The second kappa shape index (κ2) is 6.42. The van der Waals surface area contributed by atoms with Crippen LogP contribution in [0.2, 0.25) is 0 Å². The molecule has 2 aliphatic heterocycles. The van der Waals surface area contributed by atoms with Gasteiger partial charge in [0.05, 0.1) is 19.2 Å². The quantitative estimate of drug-likeness (QED) is 0.792. The number of fused-ring (bicyclic) bond motifs is 1. The highest BCUT2D eigenvalue weighted by molar-refractivity contribution is 5.95. The summed E-state index contributed by atoms with van der Waals surface area (Å²) in [5, 5.41) is 0. The van der Waals surface area contributed by atoms with Gasteiger partial charge in [0.1, 0.15) is 5.75 Å². The third-order valence-electron chi connectivity index (χ3n) is 4.74. The van der Waals surface area contributed by atoms with E-state index < -0.39 is 0 Å². The van der Waals surface area contributed by atoms with Crippen LogP contribution in [0.15, 0.2) is 36.4 Å². The Morgan fingerprint density at radius 2 is 2.05 bits per heavy atom. The van der Waals surface area contributed by atoms with Gasteiger partial charge in [-0.05, 0) is 56.9 Å². The first kappa shape index (κ1) is 14.9. The minimum Gasteiger partial charge on any atom is -0.497 e. The van der Waals surface area contributed by atoms with Crippen molar-refractivity contribution in [1.29, 1.82) is 0 Å². The molecule has 2 atom stereocenters. The molecule has 0 saturated carbocycles. The molecule has 2 fully saturated rings. The Bertz CT molecular complexity index is 553. The standard InChI is InChI=1S/C18H24N2O2/c1-3-4-7-17-16-8-5-6-13-19(16)18(21)20(17)14-9-11-15(22-2)12-10-14/h3-4,9-12,16-17H,5-8,13H2,1-2H3/b4-3+/t16-,17-/m1/s1. The predicted octanol–water partition coefficient (Wildman–Crippen LogP) is 3.82. The van der Waals surface area contributed by atoms with Gasteiger partial charge in [0.2, 0.25) is 0 Å². The molecule has 3 rings (SSSR count). The fraction of sp³-hybridized carbons (Fsp3) is 0.500. The predicted molar refractivity (Wildman–Crippen MR) is 88.4 cm³/mol. The molecule has 1 aromatic rings. The van der Waals surface area contributed by atoms with E-state index in [1.165, 1.54) is 6.42 Å². The number of rotatable bonds is 4. The molecule has 2 heterocycles. The number of nitrogens with zero attached hydrogens (tertiary/aromatic N) is 2. The highest BCUT2D eigenvalue weighted by Gasteiger charge is 2.46. The molecular weight excluding hydrogens is 276 g/mol. The lowest BCUT2D eigenvalue weighted by Crippen LogP contribution is -2.40. The topological polar surface area (TPSA) is 32.8 Å². The molecule has 22 heavy (non-hydrogen) atoms. The Hall–Kier alpha value is -1.97. The molecule has 0 unspecified atom stereocenters. The van der Waals surface area contributed by atoms with E-state index in [0.717, 1.165) is 37.2 Å². The first-order valence-electron chi connectivity index (χ1n) is 8.11. The van der Waals surface area contributed by atoms with Crippen LogP contribution in [-0.2, 0) is 0 Å². The third kappa shape index (κ3) is 2.58. The highest BCUT2D eigenvalue weighted by Crippen LogP contribution is 2.36. The number of ether oxygens (including phenoxy) is 1. The van der Waals surface area contributed by atoms with E-state index in [-0.39, 0.29) is 12.1 Å². The maximum Gasteiger partial charge on any atom is 0.325 e. The number of carbonyl (C=O) groups excluding carboxylic acids is 1. The average Bonchev–Trinajstić information content (AvgIpc) is 2.86. The zero-order valence-corrected chi connectivity index (χ0v) is 13.4. The van der Waals surface area contributed by atoms with Crippen molar-refractivity contribution in [2.24, 2.45) is 0 Å². The van der Waals surface area contributed by atoms with Gasteiger partial charge in [-0.25, -0.2) is 4.79 Å². The second-order valence-electron chi connectivity index (χ2n) is 5.98. The molecule has 0 bridgehead atoms. The molecule has 118 valence electrons. The molecule has 0 aromatic heterocycles. The van der Waals surface area contributed by atoms with Crippen molar-refractivity contribution in [3.63, 3.8) is 0 Å². The van der Waals surface area contributed by atoms with Crippen LogP contribution >= 0.6 is 0 Å². The molecule has 0 radical (unpaired) electrons.